The summed E-state index contributed by atoms with van der Waals surface area (Å²) in [6.07, 6.45) is 2.83. The molecule has 1 aliphatic rings. The molecule has 0 heterocycles. The van der Waals surface area contributed by atoms with Crippen LogP contribution in [0.25, 0.3) is 0 Å². The fourth-order valence-corrected chi connectivity index (χ4v) is 2.26. The Bertz CT molecular complexity index is 600. The van der Waals surface area contributed by atoms with Crippen LogP contribution in [0.2, 0.25) is 0 Å². The van der Waals surface area contributed by atoms with Crippen molar-refractivity contribution in [2.75, 3.05) is 0 Å². The number of fused-ring (bicyclic) bond motifs is 1. The Balaban J connectivity index is 0.000000151. The van der Waals surface area contributed by atoms with Crippen molar-refractivity contribution in [2.24, 2.45) is 0 Å². The molecule has 0 fully saturated rings. The number of ketones is 2. The fraction of sp³-hybridized carbons (Fsp3) is 0.222. The number of aryl methyl sites for hydroxylation is 1. The number of carbonyl (C=O) groups is 2. The van der Waals surface area contributed by atoms with Crippen LogP contribution in [0.3, 0.4) is 0 Å². The van der Waals surface area contributed by atoms with Crippen LogP contribution in [0.4, 0.5) is 0 Å². The summed E-state index contributed by atoms with van der Waals surface area (Å²) in [5.74, 6) is 0.433. The maximum absolute atomic E-state index is 11.3. The first kappa shape index (κ1) is 14.2. The lowest BCUT2D eigenvalue weighted by Crippen LogP contribution is -2.09. The Morgan fingerprint density at radius 1 is 0.900 bits per heavy atom. The molecule has 0 saturated carbocycles. The highest BCUT2D eigenvalue weighted by atomic mass is 16.1. The Kier molecular flexibility index (Phi) is 4.83. The summed E-state index contributed by atoms with van der Waals surface area (Å²) in [6, 6.07) is 17.1. The highest BCUT2D eigenvalue weighted by Gasteiger charge is 2.14. The third kappa shape index (κ3) is 3.64. The fourth-order valence-electron chi connectivity index (χ4n) is 2.26. The van der Waals surface area contributed by atoms with Crippen LogP contribution >= 0.6 is 0 Å². The number of rotatable bonds is 1. The van der Waals surface area contributed by atoms with Gasteiger partial charge in [0, 0.05) is 17.5 Å². The third-order valence-electron chi connectivity index (χ3n) is 3.35. The summed E-state index contributed by atoms with van der Waals surface area (Å²) in [4.78, 5) is 21.9. The van der Waals surface area contributed by atoms with E-state index in [4.69, 9.17) is 0 Å². The first-order valence-electron chi connectivity index (χ1n) is 6.85. The van der Waals surface area contributed by atoms with E-state index in [1.165, 1.54) is 5.56 Å². The van der Waals surface area contributed by atoms with Crippen LogP contribution in [0.15, 0.2) is 54.6 Å². The predicted octanol–water partition coefficient (Wildman–Crippen LogP) is 4.09. The van der Waals surface area contributed by atoms with Gasteiger partial charge in [-0.15, -0.1) is 0 Å². The summed E-state index contributed by atoms with van der Waals surface area (Å²) in [5, 5.41) is 0. The lowest BCUT2D eigenvalue weighted by atomic mass is 9.91. The lowest BCUT2D eigenvalue weighted by Gasteiger charge is -2.12. The van der Waals surface area contributed by atoms with Crippen molar-refractivity contribution in [1.82, 2.24) is 0 Å². The molecule has 0 amide bonds. The van der Waals surface area contributed by atoms with Crippen LogP contribution in [0.5, 0.6) is 0 Å². The summed E-state index contributed by atoms with van der Waals surface area (Å²) in [5.41, 5.74) is 2.94. The second-order valence-electron chi connectivity index (χ2n) is 4.86. The smallest absolute Gasteiger partial charge is 0.163 e. The van der Waals surface area contributed by atoms with E-state index in [2.05, 4.69) is 0 Å². The van der Waals surface area contributed by atoms with Gasteiger partial charge in [-0.3, -0.25) is 9.59 Å². The monoisotopic (exact) mass is 266 g/mol. The zero-order chi connectivity index (χ0) is 14.4. The van der Waals surface area contributed by atoms with E-state index >= 15 is 0 Å². The average Bonchev–Trinajstić information content (AvgIpc) is 2.49. The van der Waals surface area contributed by atoms with Crippen LogP contribution in [0.1, 0.15) is 46.0 Å². The molecule has 0 radical (unpaired) electrons. The molecule has 0 N–H and O–H groups in total. The first-order valence-corrected chi connectivity index (χ1v) is 6.85. The van der Waals surface area contributed by atoms with Crippen molar-refractivity contribution in [2.45, 2.75) is 26.2 Å². The molecule has 0 aliphatic heterocycles. The van der Waals surface area contributed by atoms with Crippen molar-refractivity contribution >= 4 is 11.6 Å². The van der Waals surface area contributed by atoms with E-state index in [0.717, 1.165) is 30.4 Å². The van der Waals surface area contributed by atoms with Crippen molar-refractivity contribution in [3.8, 4) is 0 Å². The molecule has 0 atom stereocenters. The maximum Gasteiger partial charge on any atom is 0.163 e. The van der Waals surface area contributed by atoms with Gasteiger partial charge in [-0.1, -0.05) is 54.6 Å². The van der Waals surface area contributed by atoms with Gasteiger partial charge >= 0.3 is 0 Å². The van der Waals surface area contributed by atoms with E-state index in [1.54, 1.807) is 6.92 Å². The predicted molar refractivity (Wildman–Crippen MR) is 80.2 cm³/mol. The zero-order valence-electron chi connectivity index (χ0n) is 11.6. The molecule has 0 unspecified atom stereocenters. The summed E-state index contributed by atoms with van der Waals surface area (Å²) >= 11 is 0. The number of hydrogen-bond donors (Lipinski definition) is 0. The molecule has 2 nitrogen and oxygen atoms in total. The van der Waals surface area contributed by atoms with E-state index in [9.17, 15) is 9.59 Å². The molecule has 2 aromatic carbocycles. The number of carbonyl (C=O) groups excluding carboxylic acids is 2. The molecule has 102 valence electrons. The van der Waals surface area contributed by atoms with Gasteiger partial charge in [-0.25, -0.2) is 0 Å². The van der Waals surface area contributed by atoms with Crippen LogP contribution in [0, 0.1) is 0 Å². The van der Waals surface area contributed by atoms with Gasteiger partial charge in [0.2, 0.25) is 0 Å². The molecule has 0 bridgehead atoms. The molecule has 3 rings (SSSR count). The zero-order valence-corrected chi connectivity index (χ0v) is 11.6. The van der Waals surface area contributed by atoms with Crippen LogP contribution in [-0.4, -0.2) is 11.6 Å². The Morgan fingerprint density at radius 3 is 2.15 bits per heavy atom. The van der Waals surface area contributed by atoms with Crippen molar-refractivity contribution in [1.29, 1.82) is 0 Å². The standard InChI is InChI=1S/C10H10O.C8H8O/c11-10-7-3-5-8-4-1-2-6-9(8)10;1-7(9)8-5-3-2-4-6-8/h1-2,4,6H,3,5,7H2;2-6H,1H3. The highest BCUT2D eigenvalue weighted by Crippen LogP contribution is 2.19. The summed E-state index contributed by atoms with van der Waals surface area (Å²) in [7, 11) is 0. The quantitative estimate of drug-likeness (QED) is 0.728. The van der Waals surface area contributed by atoms with Gasteiger partial charge in [0.25, 0.3) is 0 Å². The van der Waals surface area contributed by atoms with E-state index < -0.39 is 0 Å². The minimum atomic E-state index is 0.121. The number of hydrogen-bond acceptors (Lipinski definition) is 2. The van der Waals surface area contributed by atoms with Crippen molar-refractivity contribution in [3.63, 3.8) is 0 Å². The number of Topliss-reactive ketones (excluding diaryl/α,β-unsaturated/α-hetero) is 2. The summed E-state index contributed by atoms with van der Waals surface area (Å²) in [6.45, 7) is 1.56. The molecular formula is C18H18O2. The minimum absolute atomic E-state index is 0.121. The van der Waals surface area contributed by atoms with E-state index in [0.29, 0.717) is 5.78 Å². The number of benzene rings is 2. The van der Waals surface area contributed by atoms with Gasteiger partial charge in [0.1, 0.15) is 0 Å². The minimum Gasteiger partial charge on any atom is -0.295 e. The molecule has 0 aromatic heterocycles. The maximum atomic E-state index is 11.3. The average molecular weight is 266 g/mol. The largest absolute Gasteiger partial charge is 0.295 e. The SMILES string of the molecule is CC(=O)c1ccccc1.O=C1CCCc2ccccc21. The van der Waals surface area contributed by atoms with Gasteiger partial charge < -0.3 is 0 Å². The molecule has 0 spiro atoms. The normalized spacial score (nSPS) is 12.9. The van der Waals surface area contributed by atoms with Gasteiger partial charge in [-0.05, 0) is 25.3 Å². The molecule has 1 aliphatic carbocycles. The Morgan fingerprint density at radius 2 is 1.55 bits per heavy atom. The second kappa shape index (κ2) is 6.80. The Hall–Kier alpha value is -2.22. The Labute approximate surface area is 119 Å². The molecule has 20 heavy (non-hydrogen) atoms. The molecule has 0 saturated heterocycles. The van der Waals surface area contributed by atoms with Crippen LogP contribution < -0.4 is 0 Å². The van der Waals surface area contributed by atoms with Crippen molar-refractivity contribution < 1.29 is 9.59 Å². The molecule has 2 aromatic rings. The molecular weight excluding hydrogens is 248 g/mol. The molecule has 2 heteroatoms. The van der Waals surface area contributed by atoms with Crippen LogP contribution in [-0.2, 0) is 6.42 Å². The van der Waals surface area contributed by atoms with Crippen molar-refractivity contribution in [3.05, 3.63) is 71.3 Å². The summed E-state index contributed by atoms with van der Waals surface area (Å²) < 4.78 is 0. The van der Waals surface area contributed by atoms with Gasteiger partial charge in [0.05, 0.1) is 0 Å². The lowest BCUT2D eigenvalue weighted by molar-refractivity contribution is 0.0971. The van der Waals surface area contributed by atoms with Gasteiger partial charge in [-0.2, -0.15) is 0 Å². The second-order valence-corrected chi connectivity index (χ2v) is 4.86. The third-order valence-corrected chi connectivity index (χ3v) is 3.35. The van der Waals surface area contributed by atoms with Gasteiger partial charge in [0.15, 0.2) is 11.6 Å². The van der Waals surface area contributed by atoms with E-state index in [-0.39, 0.29) is 5.78 Å². The van der Waals surface area contributed by atoms with E-state index in [1.807, 2.05) is 54.6 Å². The topological polar surface area (TPSA) is 34.1 Å². The first-order chi connectivity index (χ1) is 9.68. The highest BCUT2D eigenvalue weighted by molar-refractivity contribution is 5.98.